The molecule has 1 N–H and O–H groups in total. The first-order valence-corrected chi connectivity index (χ1v) is 7.64. The van der Waals surface area contributed by atoms with Gasteiger partial charge >= 0.3 is 0 Å². The molecule has 1 unspecified atom stereocenters. The number of aliphatic hydroxyl groups is 1. The maximum atomic E-state index is 10.0. The Hall–Kier alpha value is -1.23. The molecule has 0 bridgehead atoms. The Labute approximate surface area is 137 Å². The van der Waals surface area contributed by atoms with Crippen LogP contribution in [0.15, 0.2) is 46.9 Å². The highest BCUT2D eigenvalue weighted by Gasteiger charge is 2.09. The molecular weight excluding hydrogens is 356 g/mol. The maximum Gasteiger partial charge on any atom is 0.133 e. The monoisotopic (exact) mass is 370 g/mol. The molecule has 0 aliphatic carbocycles. The quantitative estimate of drug-likeness (QED) is 0.831. The number of benzene rings is 2. The molecule has 21 heavy (non-hydrogen) atoms. The van der Waals surface area contributed by atoms with Gasteiger partial charge in [0, 0.05) is 11.4 Å². The molecule has 2 rings (SSSR count). The summed E-state index contributed by atoms with van der Waals surface area (Å²) < 4.78 is 11.6. The van der Waals surface area contributed by atoms with Crippen LogP contribution in [0.25, 0.3) is 0 Å². The van der Waals surface area contributed by atoms with E-state index >= 15 is 0 Å². The molecule has 0 radical (unpaired) electrons. The van der Waals surface area contributed by atoms with Crippen molar-refractivity contribution in [2.45, 2.75) is 12.5 Å². The largest absolute Gasteiger partial charge is 0.496 e. The van der Waals surface area contributed by atoms with Crippen molar-refractivity contribution < 1.29 is 14.6 Å². The highest BCUT2D eigenvalue weighted by atomic mass is 79.9. The normalized spacial score (nSPS) is 12.0. The molecule has 0 amide bonds. The Morgan fingerprint density at radius 2 is 1.90 bits per heavy atom. The fourth-order valence-corrected chi connectivity index (χ4v) is 2.61. The van der Waals surface area contributed by atoms with Crippen molar-refractivity contribution in [3.8, 4) is 11.5 Å². The van der Waals surface area contributed by atoms with Gasteiger partial charge in [0.2, 0.25) is 0 Å². The second-order valence-electron chi connectivity index (χ2n) is 4.59. The summed E-state index contributed by atoms with van der Waals surface area (Å²) in [7, 11) is 1.62. The number of halogens is 2. The Kier molecular flexibility index (Phi) is 5.91. The summed E-state index contributed by atoms with van der Waals surface area (Å²) in [6.45, 7) is 0.227. The molecule has 0 aliphatic rings. The van der Waals surface area contributed by atoms with Gasteiger partial charge in [-0.05, 0) is 57.9 Å². The Morgan fingerprint density at radius 3 is 2.52 bits per heavy atom. The van der Waals surface area contributed by atoms with Crippen molar-refractivity contribution in [3.05, 3.63) is 57.5 Å². The Morgan fingerprint density at radius 1 is 1.19 bits per heavy atom. The smallest absolute Gasteiger partial charge is 0.133 e. The van der Waals surface area contributed by atoms with E-state index in [4.69, 9.17) is 21.1 Å². The first kappa shape index (κ1) is 16.1. The molecule has 0 heterocycles. The van der Waals surface area contributed by atoms with Crippen LogP contribution in [0.5, 0.6) is 11.5 Å². The summed E-state index contributed by atoms with van der Waals surface area (Å²) in [5, 5.41) is 10.7. The second-order valence-corrected chi connectivity index (χ2v) is 5.88. The van der Waals surface area contributed by atoms with Crippen molar-refractivity contribution in [2.75, 3.05) is 13.7 Å². The van der Waals surface area contributed by atoms with Gasteiger partial charge in [-0.3, -0.25) is 0 Å². The van der Waals surface area contributed by atoms with Crippen LogP contribution in [0.2, 0.25) is 5.02 Å². The summed E-state index contributed by atoms with van der Waals surface area (Å²) in [6.07, 6.45) is -0.0723. The number of hydrogen-bond donors (Lipinski definition) is 1. The average molecular weight is 372 g/mol. The van der Waals surface area contributed by atoms with Crippen molar-refractivity contribution in [3.63, 3.8) is 0 Å². The molecule has 5 heteroatoms. The van der Waals surface area contributed by atoms with E-state index in [1.54, 1.807) is 31.4 Å². The van der Waals surface area contributed by atoms with Crippen molar-refractivity contribution in [1.82, 2.24) is 0 Å². The summed E-state index contributed by atoms with van der Waals surface area (Å²) in [6, 6.07) is 12.8. The molecular formula is C16H16BrClO3. The molecule has 3 nitrogen and oxygen atoms in total. The zero-order valence-corrected chi connectivity index (χ0v) is 13.9. The van der Waals surface area contributed by atoms with E-state index in [1.807, 2.05) is 18.2 Å². The van der Waals surface area contributed by atoms with Gasteiger partial charge in [-0.15, -0.1) is 0 Å². The lowest BCUT2D eigenvalue weighted by molar-refractivity contribution is 0.108. The zero-order valence-electron chi connectivity index (χ0n) is 11.6. The molecule has 0 saturated carbocycles. The molecule has 0 aromatic heterocycles. The first-order valence-electron chi connectivity index (χ1n) is 6.47. The van der Waals surface area contributed by atoms with E-state index in [9.17, 15) is 5.11 Å². The van der Waals surface area contributed by atoms with Crippen LogP contribution in [0.1, 0.15) is 5.56 Å². The van der Waals surface area contributed by atoms with E-state index in [-0.39, 0.29) is 6.61 Å². The standard InChI is InChI=1S/C16H16BrClO3/c1-20-16-7-2-11(9-15(16)17)8-13(19)10-21-14-5-3-12(18)4-6-14/h2-7,9,13,19H,8,10H2,1H3. The van der Waals surface area contributed by atoms with Crippen molar-refractivity contribution in [2.24, 2.45) is 0 Å². The predicted octanol–water partition coefficient (Wildman–Crippen LogP) is 4.09. The lowest BCUT2D eigenvalue weighted by Gasteiger charge is -2.13. The minimum Gasteiger partial charge on any atom is -0.496 e. The number of hydrogen-bond acceptors (Lipinski definition) is 3. The molecule has 1 atom stereocenters. The summed E-state index contributed by atoms with van der Waals surface area (Å²) in [5.74, 6) is 1.46. The summed E-state index contributed by atoms with van der Waals surface area (Å²) >= 11 is 9.23. The van der Waals surface area contributed by atoms with E-state index in [0.717, 1.165) is 15.8 Å². The third kappa shape index (κ3) is 4.92. The number of methoxy groups -OCH3 is 1. The molecule has 0 saturated heterocycles. The number of aliphatic hydroxyl groups excluding tert-OH is 1. The van der Waals surface area contributed by atoms with E-state index < -0.39 is 6.10 Å². The lowest BCUT2D eigenvalue weighted by atomic mass is 10.1. The highest BCUT2D eigenvalue weighted by molar-refractivity contribution is 9.10. The molecule has 0 fully saturated rings. The molecule has 112 valence electrons. The summed E-state index contributed by atoms with van der Waals surface area (Å²) in [5.41, 5.74) is 1.01. The van der Waals surface area contributed by atoms with Gasteiger partial charge in [0.15, 0.2) is 0 Å². The van der Waals surface area contributed by atoms with Gasteiger partial charge in [0.25, 0.3) is 0 Å². The zero-order chi connectivity index (χ0) is 15.2. The Bertz CT molecular complexity index is 587. The first-order chi connectivity index (χ1) is 10.1. The van der Waals surface area contributed by atoms with Gasteiger partial charge < -0.3 is 14.6 Å². The fourth-order valence-electron chi connectivity index (χ4n) is 1.89. The van der Waals surface area contributed by atoms with E-state index in [0.29, 0.717) is 17.2 Å². The van der Waals surface area contributed by atoms with Crippen LogP contribution in [0.4, 0.5) is 0 Å². The maximum absolute atomic E-state index is 10.0. The minimum atomic E-state index is -0.582. The van der Waals surface area contributed by atoms with E-state index in [1.165, 1.54) is 0 Å². The lowest BCUT2D eigenvalue weighted by Crippen LogP contribution is -2.20. The summed E-state index contributed by atoms with van der Waals surface area (Å²) in [4.78, 5) is 0. The molecule has 0 spiro atoms. The third-order valence-electron chi connectivity index (χ3n) is 2.94. The van der Waals surface area contributed by atoms with Crippen molar-refractivity contribution >= 4 is 27.5 Å². The molecule has 2 aromatic carbocycles. The van der Waals surface area contributed by atoms with Crippen LogP contribution in [0, 0.1) is 0 Å². The topological polar surface area (TPSA) is 38.7 Å². The Balaban J connectivity index is 1.88. The van der Waals surface area contributed by atoms with Gasteiger partial charge in [-0.1, -0.05) is 17.7 Å². The van der Waals surface area contributed by atoms with Gasteiger partial charge in [0.1, 0.15) is 18.1 Å². The van der Waals surface area contributed by atoms with Gasteiger partial charge in [-0.2, -0.15) is 0 Å². The SMILES string of the molecule is COc1ccc(CC(O)COc2ccc(Cl)cc2)cc1Br. The predicted molar refractivity (Wildman–Crippen MR) is 87.4 cm³/mol. The molecule has 0 aliphatic heterocycles. The van der Waals surface area contributed by atoms with Gasteiger partial charge in [0.05, 0.1) is 17.7 Å². The third-order valence-corrected chi connectivity index (χ3v) is 3.82. The number of ether oxygens (including phenoxy) is 2. The highest BCUT2D eigenvalue weighted by Crippen LogP contribution is 2.26. The van der Waals surface area contributed by atoms with Crippen LogP contribution in [0.3, 0.4) is 0 Å². The van der Waals surface area contributed by atoms with Crippen LogP contribution in [-0.2, 0) is 6.42 Å². The van der Waals surface area contributed by atoms with Gasteiger partial charge in [-0.25, -0.2) is 0 Å². The average Bonchev–Trinajstić information content (AvgIpc) is 2.47. The van der Waals surface area contributed by atoms with Crippen LogP contribution >= 0.6 is 27.5 Å². The van der Waals surface area contributed by atoms with Crippen LogP contribution < -0.4 is 9.47 Å². The minimum absolute atomic E-state index is 0.227. The van der Waals surface area contributed by atoms with Crippen molar-refractivity contribution in [1.29, 1.82) is 0 Å². The number of rotatable bonds is 6. The second kappa shape index (κ2) is 7.69. The molecule has 2 aromatic rings. The fraction of sp³-hybridized carbons (Fsp3) is 0.250. The van der Waals surface area contributed by atoms with E-state index in [2.05, 4.69) is 15.9 Å². The van der Waals surface area contributed by atoms with Crippen LogP contribution in [-0.4, -0.2) is 24.9 Å².